The lowest BCUT2D eigenvalue weighted by Crippen LogP contribution is -2.41. The van der Waals surface area contributed by atoms with Crippen LogP contribution >= 0.6 is 0 Å². The maximum atomic E-state index is 15.4. The molecule has 0 saturated carbocycles. The lowest BCUT2D eigenvalue weighted by atomic mass is 10.0. The van der Waals surface area contributed by atoms with E-state index in [0.717, 1.165) is 0 Å². The Bertz CT molecular complexity index is 1550. The maximum Gasteiger partial charge on any atom is 0.267 e. The second-order valence-electron chi connectivity index (χ2n) is 8.51. The molecular weight excluding hydrogens is 477 g/mol. The second-order valence-corrected chi connectivity index (χ2v) is 8.51. The largest absolute Gasteiger partial charge is 0.514 e. The van der Waals surface area contributed by atoms with Gasteiger partial charge in [0.1, 0.15) is 47.5 Å². The van der Waals surface area contributed by atoms with Crippen molar-refractivity contribution in [1.82, 2.24) is 24.6 Å². The Labute approximate surface area is 211 Å². The number of carbonyl (C=O) groups excluding carboxylic acids is 1. The van der Waals surface area contributed by atoms with Gasteiger partial charge in [0, 0.05) is 24.7 Å². The van der Waals surface area contributed by atoms with Gasteiger partial charge in [0.05, 0.1) is 11.4 Å². The predicted molar refractivity (Wildman–Crippen MR) is 133 cm³/mol. The summed E-state index contributed by atoms with van der Waals surface area (Å²) in [5, 5.41) is 23.4. The summed E-state index contributed by atoms with van der Waals surface area (Å²) in [6, 6.07) is 14.9. The number of hydrogen-bond donors (Lipinski definition) is 2. The van der Waals surface area contributed by atoms with Gasteiger partial charge in [-0.05, 0) is 37.1 Å². The van der Waals surface area contributed by atoms with E-state index in [1.807, 2.05) is 18.2 Å². The number of aromatic nitrogens is 4. The third-order valence-corrected chi connectivity index (χ3v) is 6.20. The molecule has 0 spiro atoms. The topological polar surface area (TPSA) is 143 Å². The highest BCUT2D eigenvalue weighted by molar-refractivity contribution is 5.99. The molecule has 186 valence electrons. The Balaban J connectivity index is 1.52. The van der Waals surface area contributed by atoms with Crippen molar-refractivity contribution in [3.8, 4) is 28.8 Å². The molecular formula is C26H22FN7O3. The second kappa shape index (κ2) is 9.94. The molecule has 4 aromatic rings. The first-order valence-electron chi connectivity index (χ1n) is 11.6. The summed E-state index contributed by atoms with van der Waals surface area (Å²) >= 11 is 0. The van der Waals surface area contributed by atoms with Gasteiger partial charge in [0.2, 0.25) is 0 Å². The molecule has 3 heterocycles. The van der Waals surface area contributed by atoms with Gasteiger partial charge < -0.3 is 20.5 Å². The van der Waals surface area contributed by atoms with Crippen LogP contribution in [0.3, 0.4) is 0 Å². The number of carbonyl (C=O) groups is 1. The van der Waals surface area contributed by atoms with Gasteiger partial charge in [-0.15, -0.1) is 0 Å². The molecule has 1 saturated heterocycles. The van der Waals surface area contributed by atoms with Crippen LogP contribution in [-0.2, 0) is 4.79 Å². The van der Waals surface area contributed by atoms with Gasteiger partial charge >= 0.3 is 0 Å². The monoisotopic (exact) mass is 499 g/mol. The first-order chi connectivity index (χ1) is 18.0. The summed E-state index contributed by atoms with van der Waals surface area (Å²) in [5.74, 6) is -0.0777. The van der Waals surface area contributed by atoms with Crippen LogP contribution in [0.2, 0.25) is 0 Å². The van der Waals surface area contributed by atoms with Crippen LogP contribution < -0.4 is 10.5 Å². The van der Waals surface area contributed by atoms with Crippen LogP contribution in [0.5, 0.6) is 11.5 Å². The number of nitrogen functional groups attached to an aromatic ring is 1. The molecule has 0 bridgehead atoms. The average molecular weight is 500 g/mol. The number of benzene rings is 2. The van der Waals surface area contributed by atoms with Gasteiger partial charge in [0.25, 0.3) is 5.91 Å². The summed E-state index contributed by atoms with van der Waals surface area (Å²) in [6.07, 6.45) is 3.12. The van der Waals surface area contributed by atoms with Gasteiger partial charge in [0.15, 0.2) is 11.2 Å². The summed E-state index contributed by atoms with van der Waals surface area (Å²) < 4.78 is 22.7. The van der Waals surface area contributed by atoms with E-state index in [1.165, 1.54) is 17.3 Å². The standard InChI is InChI=1S/C26H22FN7O3/c27-21-11-19(37-18-6-2-1-3-7-18)8-9-20(21)23-22-24(29)30-15-31-25(22)34(32-23)17-5-4-10-33(13-17)26(36)16(12-28)14-35/h1-3,6-9,11,14-15,17,35H,4-5,10,13H2,(H2,29,30,31)/t17-/m1/s1. The smallest absolute Gasteiger partial charge is 0.267 e. The number of nitriles is 1. The molecule has 37 heavy (non-hydrogen) atoms. The number of halogens is 1. The number of anilines is 1. The molecule has 0 unspecified atom stereocenters. The molecule has 5 rings (SSSR count). The van der Waals surface area contributed by atoms with Gasteiger partial charge in [-0.1, -0.05) is 18.2 Å². The first-order valence-corrected chi connectivity index (χ1v) is 11.6. The van der Waals surface area contributed by atoms with Crippen LogP contribution in [0.4, 0.5) is 10.2 Å². The molecule has 3 N–H and O–H groups in total. The lowest BCUT2D eigenvalue weighted by molar-refractivity contribution is -0.128. The minimum absolute atomic E-state index is 0.147. The molecule has 1 aliphatic rings. The van der Waals surface area contributed by atoms with Gasteiger partial charge in [-0.3, -0.25) is 4.79 Å². The highest BCUT2D eigenvalue weighted by atomic mass is 19.1. The quantitative estimate of drug-likeness (QED) is 0.237. The van der Waals surface area contributed by atoms with E-state index in [0.29, 0.717) is 48.2 Å². The predicted octanol–water partition coefficient (Wildman–Crippen LogP) is 4.14. The molecule has 1 amide bonds. The number of ether oxygens (including phenoxy) is 1. The van der Waals surface area contributed by atoms with Crippen molar-refractivity contribution in [2.75, 3.05) is 18.8 Å². The Morgan fingerprint density at radius 3 is 2.76 bits per heavy atom. The fourth-order valence-electron chi connectivity index (χ4n) is 4.46. The first kappa shape index (κ1) is 23.7. The third-order valence-electron chi connectivity index (χ3n) is 6.20. The van der Waals surface area contributed by atoms with Crippen molar-refractivity contribution in [2.24, 2.45) is 0 Å². The van der Waals surface area contributed by atoms with Crippen LogP contribution in [0.15, 0.2) is 66.7 Å². The number of piperidine rings is 1. The normalized spacial score (nSPS) is 15.9. The Morgan fingerprint density at radius 1 is 1.22 bits per heavy atom. The van der Waals surface area contributed by atoms with Gasteiger partial charge in [-0.25, -0.2) is 19.0 Å². The minimum Gasteiger partial charge on any atom is -0.514 e. The Morgan fingerprint density at radius 2 is 2.03 bits per heavy atom. The molecule has 2 aromatic carbocycles. The number of aliphatic hydroxyl groups is 1. The molecule has 1 aliphatic heterocycles. The van der Waals surface area contributed by atoms with Crippen molar-refractivity contribution in [2.45, 2.75) is 18.9 Å². The third kappa shape index (κ3) is 4.52. The fourth-order valence-corrected chi connectivity index (χ4v) is 4.46. The van der Waals surface area contributed by atoms with Crippen LogP contribution in [0.25, 0.3) is 22.3 Å². The van der Waals surface area contributed by atoms with Crippen molar-refractivity contribution < 1.29 is 19.0 Å². The lowest BCUT2D eigenvalue weighted by Gasteiger charge is -2.32. The van der Waals surface area contributed by atoms with Crippen molar-refractivity contribution in [1.29, 1.82) is 5.26 Å². The van der Waals surface area contributed by atoms with Crippen molar-refractivity contribution >= 4 is 22.8 Å². The number of para-hydroxylation sites is 1. The van der Waals surface area contributed by atoms with E-state index in [9.17, 15) is 9.90 Å². The zero-order valence-electron chi connectivity index (χ0n) is 19.6. The highest BCUT2D eigenvalue weighted by Gasteiger charge is 2.30. The molecule has 1 atom stereocenters. The molecule has 10 nitrogen and oxygen atoms in total. The average Bonchev–Trinajstić information content (AvgIpc) is 3.31. The molecule has 0 radical (unpaired) electrons. The van der Waals surface area contributed by atoms with Crippen LogP contribution in [-0.4, -0.2) is 48.8 Å². The molecule has 1 fully saturated rings. The van der Waals surface area contributed by atoms with E-state index in [4.69, 9.17) is 15.7 Å². The Hall–Kier alpha value is -4.98. The number of amides is 1. The summed E-state index contributed by atoms with van der Waals surface area (Å²) in [7, 11) is 0. The maximum absolute atomic E-state index is 15.4. The number of rotatable bonds is 5. The zero-order valence-corrected chi connectivity index (χ0v) is 19.6. The van der Waals surface area contributed by atoms with Gasteiger partial charge in [-0.2, -0.15) is 10.4 Å². The Kier molecular flexibility index (Phi) is 6.38. The van der Waals surface area contributed by atoms with E-state index in [1.54, 1.807) is 35.0 Å². The zero-order chi connectivity index (χ0) is 25.9. The number of likely N-dealkylation sites (tertiary alicyclic amines) is 1. The highest BCUT2D eigenvalue weighted by Crippen LogP contribution is 2.36. The van der Waals surface area contributed by atoms with E-state index >= 15 is 4.39 Å². The summed E-state index contributed by atoms with van der Waals surface area (Å²) in [4.78, 5) is 22.5. The molecule has 11 heteroatoms. The van der Waals surface area contributed by atoms with Crippen molar-refractivity contribution in [3.05, 3.63) is 72.5 Å². The van der Waals surface area contributed by atoms with Crippen LogP contribution in [0, 0.1) is 17.1 Å². The number of nitrogens with zero attached hydrogens (tertiary/aromatic N) is 6. The van der Waals surface area contributed by atoms with E-state index in [-0.39, 0.29) is 35.2 Å². The van der Waals surface area contributed by atoms with Crippen LogP contribution in [0.1, 0.15) is 18.9 Å². The molecule has 2 aromatic heterocycles. The summed E-state index contributed by atoms with van der Waals surface area (Å²) in [6.45, 7) is 0.652. The number of hydrogen-bond acceptors (Lipinski definition) is 8. The summed E-state index contributed by atoms with van der Waals surface area (Å²) in [5.41, 5.74) is 6.71. The number of nitrogens with two attached hydrogens (primary N) is 1. The fraction of sp³-hybridized carbons (Fsp3) is 0.192. The van der Waals surface area contributed by atoms with Crippen molar-refractivity contribution in [3.63, 3.8) is 0 Å². The molecule has 0 aliphatic carbocycles. The SMILES string of the molecule is N#CC(=CO)C(=O)N1CCC[C@@H](n2nc(-c3ccc(Oc4ccccc4)cc3F)c3c(N)ncnc32)C1. The van der Waals surface area contributed by atoms with E-state index in [2.05, 4.69) is 15.1 Å². The number of fused-ring (bicyclic) bond motifs is 1. The number of aliphatic hydroxyl groups excluding tert-OH is 1. The van der Waals surface area contributed by atoms with E-state index < -0.39 is 11.7 Å². The minimum atomic E-state index is -0.569.